The van der Waals surface area contributed by atoms with Gasteiger partial charge in [0.15, 0.2) is 0 Å². The van der Waals surface area contributed by atoms with E-state index in [0.29, 0.717) is 6.04 Å². The van der Waals surface area contributed by atoms with Gasteiger partial charge >= 0.3 is 0 Å². The van der Waals surface area contributed by atoms with Gasteiger partial charge in [0.25, 0.3) is 0 Å². The lowest BCUT2D eigenvalue weighted by atomic mass is 9.88. The van der Waals surface area contributed by atoms with Gasteiger partial charge in [0.1, 0.15) is 0 Å². The molecule has 0 radical (unpaired) electrons. The molecule has 1 saturated carbocycles. The van der Waals surface area contributed by atoms with E-state index < -0.39 is 0 Å². The molecule has 0 saturated heterocycles. The summed E-state index contributed by atoms with van der Waals surface area (Å²) in [6.07, 6.45) is 2.92. The zero-order valence-electron chi connectivity index (χ0n) is 5.59. The van der Waals surface area contributed by atoms with E-state index in [0.717, 1.165) is 19.3 Å². The molecule has 6 N–H and O–H groups in total. The standard InChI is InChI=1S/C6H15N3/c7-4-1-2-5(8)6(9)3-4/h4-6H,1-3,7-9H2/t4-,5-,6+/m1/s1. The summed E-state index contributed by atoms with van der Waals surface area (Å²) in [5, 5.41) is 0. The average Bonchev–Trinajstić information content (AvgIpc) is 1.80. The molecule has 3 atom stereocenters. The lowest BCUT2D eigenvalue weighted by molar-refractivity contribution is 0.347. The first-order valence-corrected chi connectivity index (χ1v) is 3.47. The monoisotopic (exact) mass is 129 g/mol. The van der Waals surface area contributed by atoms with Crippen molar-refractivity contribution in [1.29, 1.82) is 0 Å². The third-order valence-corrected chi connectivity index (χ3v) is 2.00. The summed E-state index contributed by atoms with van der Waals surface area (Å²) in [7, 11) is 0. The van der Waals surface area contributed by atoms with Gasteiger partial charge in [-0.05, 0) is 19.3 Å². The van der Waals surface area contributed by atoms with E-state index in [9.17, 15) is 0 Å². The maximum atomic E-state index is 5.66. The molecule has 1 aliphatic rings. The minimum absolute atomic E-state index is 0.133. The topological polar surface area (TPSA) is 78.1 Å². The van der Waals surface area contributed by atoms with Crippen LogP contribution >= 0.6 is 0 Å². The van der Waals surface area contributed by atoms with Crippen LogP contribution in [0.5, 0.6) is 0 Å². The Morgan fingerprint density at radius 3 is 2.00 bits per heavy atom. The van der Waals surface area contributed by atoms with Gasteiger partial charge in [0.05, 0.1) is 0 Å². The number of hydrogen-bond donors (Lipinski definition) is 3. The Labute approximate surface area is 55.6 Å². The smallest absolute Gasteiger partial charge is 0.0207 e. The largest absolute Gasteiger partial charge is 0.328 e. The second kappa shape index (κ2) is 2.64. The van der Waals surface area contributed by atoms with Crippen LogP contribution in [0.25, 0.3) is 0 Å². The molecular weight excluding hydrogens is 114 g/mol. The Hall–Kier alpha value is -0.120. The van der Waals surface area contributed by atoms with E-state index >= 15 is 0 Å². The van der Waals surface area contributed by atoms with Crippen LogP contribution in [-0.2, 0) is 0 Å². The van der Waals surface area contributed by atoms with Crippen LogP contribution in [0.3, 0.4) is 0 Å². The fourth-order valence-electron chi connectivity index (χ4n) is 1.26. The van der Waals surface area contributed by atoms with Crippen molar-refractivity contribution in [2.24, 2.45) is 17.2 Å². The van der Waals surface area contributed by atoms with Crippen molar-refractivity contribution in [1.82, 2.24) is 0 Å². The highest BCUT2D eigenvalue weighted by atomic mass is 14.8. The number of hydrogen-bond acceptors (Lipinski definition) is 3. The van der Waals surface area contributed by atoms with E-state index in [2.05, 4.69) is 0 Å². The van der Waals surface area contributed by atoms with Gasteiger partial charge in [-0.1, -0.05) is 0 Å². The van der Waals surface area contributed by atoms with Crippen LogP contribution in [0.4, 0.5) is 0 Å². The second-order valence-corrected chi connectivity index (χ2v) is 2.90. The molecule has 0 spiro atoms. The summed E-state index contributed by atoms with van der Waals surface area (Å²) in [5.74, 6) is 0. The summed E-state index contributed by atoms with van der Waals surface area (Å²) in [4.78, 5) is 0. The highest BCUT2D eigenvalue weighted by Crippen LogP contribution is 2.13. The molecule has 0 bridgehead atoms. The molecule has 0 aromatic rings. The molecule has 1 fully saturated rings. The summed E-state index contributed by atoms with van der Waals surface area (Å²) in [6, 6.07) is 0.610. The van der Waals surface area contributed by atoms with Crippen LogP contribution in [0, 0.1) is 0 Å². The normalized spacial score (nSPS) is 45.0. The predicted molar refractivity (Wildman–Crippen MR) is 37.8 cm³/mol. The fourth-order valence-corrected chi connectivity index (χ4v) is 1.26. The van der Waals surface area contributed by atoms with E-state index in [1.54, 1.807) is 0 Å². The molecule has 54 valence electrons. The minimum Gasteiger partial charge on any atom is -0.328 e. The molecule has 0 aromatic heterocycles. The van der Waals surface area contributed by atoms with Crippen molar-refractivity contribution >= 4 is 0 Å². The predicted octanol–water partition coefficient (Wildman–Crippen LogP) is -0.848. The quantitative estimate of drug-likeness (QED) is 0.399. The Kier molecular flexibility index (Phi) is 2.05. The Balaban J connectivity index is 2.35. The van der Waals surface area contributed by atoms with Crippen LogP contribution in [0.1, 0.15) is 19.3 Å². The molecule has 0 amide bonds. The summed E-state index contributed by atoms with van der Waals surface area (Å²) >= 11 is 0. The Morgan fingerprint density at radius 1 is 0.889 bits per heavy atom. The van der Waals surface area contributed by atoms with Gasteiger partial charge in [0, 0.05) is 18.1 Å². The van der Waals surface area contributed by atoms with Crippen LogP contribution in [-0.4, -0.2) is 18.1 Å². The fraction of sp³-hybridized carbons (Fsp3) is 1.00. The molecular formula is C6H15N3. The SMILES string of the molecule is N[C@@H]1CC[C@@H](N)[C@@H](N)C1. The Morgan fingerprint density at radius 2 is 1.56 bits per heavy atom. The summed E-state index contributed by atoms with van der Waals surface area (Å²) in [6.45, 7) is 0. The van der Waals surface area contributed by atoms with Crippen molar-refractivity contribution in [3.63, 3.8) is 0 Å². The molecule has 3 heteroatoms. The van der Waals surface area contributed by atoms with Gasteiger partial charge in [-0.2, -0.15) is 0 Å². The van der Waals surface area contributed by atoms with Crippen molar-refractivity contribution in [3.05, 3.63) is 0 Å². The number of nitrogens with two attached hydrogens (primary N) is 3. The molecule has 0 aliphatic heterocycles. The van der Waals surface area contributed by atoms with Gasteiger partial charge in [-0.15, -0.1) is 0 Å². The van der Waals surface area contributed by atoms with Crippen molar-refractivity contribution < 1.29 is 0 Å². The van der Waals surface area contributed by atoms with Crippen molar-refractivity contribution in [2.75, 3.05) is 0 Å². The second-order valence-electron chi connectivity index (χ2n) is 2.90. The first-order chi connectivity index (χ1) is 4.20. The molecule has 9 heavy (non-hydrogen) atoms. The minimum atomic E-state index is 0.133. The first-order valence-electron chi connectivity index (χ1n) is 3.47. The van der Waals surface area contributed by atoms with Crippen LogP contribution in [0.2, 0.25) is 0 Å². The lowest BCUT2D eigenvalue weighted by Gasteiger charge is -2.29. The van der Waals surface area contributed by atoms with E-state index in [4.69, 9.17) is 17.2 Å². The third kappa shape index (κ3) is 1.64. The van der Waals surface area contributed by atoms with Gasteiger partial charge < -0.3 is 17.2 Å². The average molecular weight is 129 g/mol. The van der Waals surface area contributed by atoms with E-state index in [1.165, 1.54) is 0 Å². The van der Waals surface area contributed by atoms with Crippen molar-refractivity contribution in [3.8, 4) is 0 Å². The molecule has 1 aliphatic carbocycles. The third-order valence-electron chi connectivity index (χ3n) is 2.00. The lowest BCUT2D eigenvalue weighted by Crippen LogP contribution is -2.49. The maximum Gasteiger partial charge on any atom is 0.0207 e. The van der Waals surface area contributed by atoms with Gasteiger partial charge in [0.2, 0.25) is 0 Å². The molecule has 0 unspecified atom stereocenters. The Bertz CT molecular complexity index is 94.3. The highest BCUT2D eigenvalue weighted by Gasteiger charge is 2.22. The molecule has 3 nitrogen and oxygen atoms in total. The van der Waals surface area contributed by atoms with Crippen LogP contribution < -0.4 is 17.2 Å². The van der Waals surface area contributed by atoms with Crippen LogP contribution in [0.15, 0.2) is 0 Å². The van der Waals surface area contributed by atoms with E-state index in [-0.39, 0.29) is 12.1 Å². The number of rotatable bonds is 0. The first kappa shape index (κ1) is 6.99. The maximum absolute atomic E-state index is 5.66. The van der Waals surface area contributed by atoms with E-state index in [1.807, 2.05) is 0 Å². The molecule has 0 heterocycles. The summed E-state index contributed by atoms with van der Waals surface area (Å²) < 4.78 is 0. The van der Waals surface area contributed by atoms with Gasteiger partial charge in [-0.25, -0.2) is 0 Å². The molecule has 0 aromatic carbocycles. The summed E-state index contributed by atoms with van der Waals surface area (Å²) in [5.41, 5.74) is 17.0. The van der Waals surface area contributed by atoms with Gasteiger partial charge in [-0.3, -0.25) is 0 Å². The highest BCUT2D eigenvalue weighted by molar-refractivity contribution is 4.86. The zero-order valence-corrected chi connectivity index (χ0v) is 5.59. The van der Waals surface area contributed by atoms with Crippen molar-refractivity contribution in [2.45, 2.75) is 37.4 Å². The molecule has 1 rings (SSSR count). The zero-order chi connectivity index (χ0) is 6.85.